The summed E-state index contributed by atoms with van der Waals surface area (Å²) in [5.41, 5.74) is 0.875. The van der Waals surface area contributed by atoms with Crippen molar-refractivity contribution in [2.75, 3.05) is 0 Å². The molecule has 0 amide bonds. The van der Waals surface area contributed by atoms with Gasteiger partial charge in [0.25, 0.3) is 0 Å². The van der Waals surface area contributed by atoms with Crippen LogP contribution in [0.2, 0.25) is 0 Å². The highest BCUT2D eigenvalue weighted by molar-refractivity contribution is 5.66. The van der Waals surface area contributed by atoms with Crippen molar-refractivity contribution in [3.05, 3.63) is 23.9 Å². The van der Waals surface area contributed by atoms with Crippen LogP contribution in [0, 0.1) is 0 Å². The summed E-state index contributed by atoms with van der Waals surface area (Å²) in [6.07, 6.45) is 8.30. The summed E-state index contributed by atoms with van der Waals surface area (Å²) in [6.45, 7) is 1.86. The molecule has 0 fully saturated rings. The molecule has 0 aromatic rings. The molecule has 0 saturated carbocycles. The van der Waals surface area contributed by atoms with Crippen LogP contribution in [0.3, 0.4) is 0 Å². The summed E-state index contributed by atoms with van der Waals surface area (Å²) in [5, 5.41) is 9.02. The van der Waals surface area contributed by atoms with E-state index in [1.165, 1.54) is 0 Å². The summed E-state index contributed by atoms with van der Waals surface area (Å²) in [4.78, 5) is 0. The van der Waals surface area contributed by atoms with Gasteiger partial charge in [-0.2, -0.15) is 0 Å². The van der Waals surface area contributed by atoms with Gasteiger partial charge in [0.05, 0.1) is 0 Å². The van der Waals surface area contributed by atoms with Crippen molar-refractivity contribution in [1.82, 2.24) is 0 Å². The fourth-order valence-electron chi connectivity index (χ4n) is 0.671. The molecule has 1 rings (SSSR count). The van der Waals surface area contributed by atoms with Gasteiger partial charge in [-0.15, -0.1) is 0 Å². The molecule has 1 aliphatic heterocycles. The third-order valence-electron chi connectivity index (χ3n) is 1.27. The minimum absolute atomic E-state index is 0.875. The minimum Gasteiger partial charge on any atom is -0.285 e. The van der Waals surface area contributed by atoms with Gasteiger partial charge >= 0.3 is 0 Å². The molecule has 1 heterocycles. The van der Waals surface area contributed by atoms with Gasteiger partial charge in [0.1, 0.15) is 0 Å². The van der Waals surface area contributed by atoms with Crippen molar-refractivity contribution < 1.29 is 9.95 Å². The number of hydrogen-bond acceptors (Lipinski definition) is 1. The standard InChI is InChI=1S/C7H10NO/c1-7-5-3-2-4-6-8(7)9/h2,4-6,9H,3H2,1H3/q+1. The summed E-state index contributed by atoms with van der Waals surface area (Å²) < 4.78 is 1.11. The number of hydrogen-bond donors (Lipinski definition) is 1. The molecule has 48 valence electrons. The highest BCUT2D eigenvalue weighted by atomic mass is 16.5. The SMILES string of the molecule is CC1=CCC=CC=[N+]1O. The van der Waals surface area contributed by atoms with E-state index < -0.39 is 0 Å². The minimum atomic E-state index is 0.875. The van der Waals surface area contributed by atoms with E-state index in [-0.39, 0.29) is 0 Å². The molecule has 0 bridgehead atoms. The van der Waals surface area contributed by atoms with Crippen LogP contribution in [0.1, 0.15) is 13.3 Å². The van der Waals surface area contributed by atoms with Crippen LogP contribution < -0.4 is 0 Å². The van der Waals surface area contributed by atoms with Gasteiger partial charge in [-0.1, -0.05) is 6.08 Å². The molecule has 0 unspecified atom stereocenters. The Morgan fingerprint density at radius 2 is 2.44 bits per heavy atom. The summed E-state index contributed by atoms with van der Waals surface area (Å²) in [6, 6.07) is 0. The zero-order valence-corrected chi connectivity index (χ0v) is 5.41. The van der Waals surface area contributed by atoms with Crippen molar-refractivity contribution in [2.45, 2.75) is 13.3 Å². The van der Waals surface area contributed by atoms with Crippen LogP contribution in [0.15, 0.2) is 23.9 Å². The molecule has 0 aromatic heterocycles. The van der Waals surface area contributed by atoms with Gasteiger partial charge in [0.15, 0.2) is 0 Å². The summed E-state index contributed by atoms with van der Waals surface area (Å²) >= 11 is 0. The maximum Gasteiger partial charge on any atom is 0.227 e. The van der Waals surface area contributed by atoms with E-state index in [0.29, 0.717) is 0 Å². The summed E-state index contributed by atoms with van der Waals surface area (Å²) in [5.74, 6) is 0. The highest BCUT2D eigenvalue weighted by Crippen LogP contribution is 1.98. The predicted molar refractivity (Wildman–Crippen MR) is 35.6 cm³/mol. The first-order chi connectivity index (χ1) is 4.30. The van der Waals surface area contributed by atoms with Gasteiger partial charge in [0, 0.05) is 17.7 Å². The van der Waals surface area contributed by atoms with Gasteiger partial charge in [-0.3, -0.25) is 5.21 Å². The Morgan fingerprint density at radius 3 is 3.22 bits per heavy atom. The monoisotopic (exact) mass is 124 g/mol. The Hall–Kier alpha value is -1.05. The quantitative estimate of drug-likeness (QED) is 0.382. The van der Waals surface area contributed by atoms with Crippen LogP contribution in [0.4, 0.5) is 0 Å². The van der Waals surface area contributed by atoms with Crippen LogP contribution >= 0.6 is 0 Å². The fourth-order valence-corrected chi connectivity index (χ4v) is 0.671. The molecular weight excluding hydrogens is 114 g/mol. The molecule has 2 heteroatoms. The van der Waals surface area contributed by atoms with E-state index in [9.17, 15) is 0 Å². The van der Waals surface area contributed by atoms with Crippen LogP contribution in [0.5, 0.6) is 0 Å². The van der Waals surface area contributed by atoms with Gasteiger partial charge in [-0.05, 0) is 12.5 Å². The van der Waals surface area contributed by atoms with Gasteiger partial charge < -0.3 is 0 Å². The van der Waals surface area contributed by atoms with E-state index in [1.54, 1.807) is 6.21 Å². The third-order valence-corrected chi connectivity index (χ3v) is 1.27. The molecule has 0 saturated heterocycles. The predicted octanol–water partition coefficient (Wildman–Crippen LogP) is 1.32. The lowest BCUT2D eigenvalue weighted by Gasteiger charge is -1.84. The van der Waals surface area contributed by atoms with Gasteiger partial charge in [0.2, 0.25) is 11.9 Å². The smallest absolute Gasteiger partial charge is 0.227 e. The largest absolute Gasteiger partial charge is 0.285 e. The van der Waals surface area contributed by atoms with E-state index in [4.69, 9.17) is 5.21 Å². The molecule has 2 nitrogen and oxygen atoms in total. The van der Waals surface area contributed by atoms with E-state index in [0.717, 1.165) is 16.9 Å². The van der Waals surface area contributed by atoms with Crippen LogP contribution in [0.25, 0.3) is 0 Å². The fraction of sp³-hybridized carbons (Fsp3) is 0.286. The summed E-state index contributed by atoms with van der Waals surface area (Å²) in [7, 11) is 0. The average Bonchev–Trinajstić information content (AvgIpc) is 1.99. The maximum atomic E-state index is 9.02. The van der Waals surface area contributed by atoms with E-state index in [2.05, 4.69) is 0 Å². The van der Waals surface area contributed by atoms with Crippen LogP contribution in [-0.2, 0) is 0 Å². The second kappa shape index (κ2) is 2.49. The molecule has 1 N–H and O–H groups in total. The Bertz CT molecular complexity index is 189. The molecule has 1 aliphatic rings. The lowest BCUT2D eigenvalue weighted by Crippen LogP contribution is -2.02. The maximum absolute atomic E-state index is 9.02. The second-order valence-corrected chi connectivity index (χ2v) is 2.00. The molecule has 0 aliphatic carbocycles. The lowest BCUT2D eigenvalue weighted by atomic mass is 10.3. The average molecular weight is 124 g/mol. The molecule has 0 atom stereocenters. The number of nitrogens with zero attached hydrogens (tertiary/aromatic N) is 1. The number of allylic oxidation sites excluding steroid dienone is 4. The molecular formula is C7H10NO+. The number of hydroxylamine groups is 1. The first-order valence-electron chi connectivity index (χ1n) is 2.95. The van der Waals surface area contributed by atoms with Gasteiger partial charge in [-0.25, -0.2) is 0 Å². The molecule has 0 spiro atoms. The molecule has 9 heavy (non-hydrogen) atoms. The zero-order valence-electron chi connectivity index (χ0n) is 5.41. The van der Waals surface area contributed by atoms with Crippen molar-refractivity contribution in [2.24, 2.45) is 0 Å². The first-order valence-corrected chi connectivity index (χ1v) is 2.95. The van der Waals surface area contributed by atoms with Crippen molar-refractivity contribution in [1.29, 1.82) is 0 Å². The lowest BCUT2D eigenvalue weighted by molar-refractivity contribution is -0.734. The molecule has 0 aromatic carbocycles. The van der Waals surface area contributed by atoms with E-state index in [1.807, 2.05) is 25.2 Å². The first kappa shape index (κ1) is 6.08. The zero-order chi connectivity index (χ0) is 6.69. The van der Waals surface area contributed by atoms with Crippen molar-refractivity contribution >= 4 is 6.21 Å². The van der Waals surface area contributed by atoms with E-state index >= 15 is 0 Å². The second-order valence-electron chi connectivity index (χ2n) is 2.00. The van der Waals surface area contributed by atoms with Crippen molar-refractivity contribution in [3.8, 4) is 0 Å². The Labute approximate surface area is 54.4 Å². The topological polar surface area (TPSA) is 23.2 Å². The third kappa shape index (κ3) is 1.42. The number of rotatable bonds is 0. The highest BCUT2D eigenvalue weighted by Gasteiger charge is 2.03. The Kier molecular flexibility index (Phi) is 1.68. The Balaban J connectivity index is 2.85. The molecule has 0 radical (unpaired) electrons. The van der Waals surface area contributed by atoms with Crippen molar-refractivity contribution in [3.63, 3.8) is 0 Å². The van der Waals surface area contributed by atoms with Crippen LogP contribution in [-0.4, -0.2) is 16.2 Å². The normalized spacial score (nSPS) is 18.3. The Morgan fingerprint density at radius 1 is 1.67 bits per heavy atom.